The Bertz CT molecular complexity index is 436. The summed E-state index contributed by atoms with van der Waals surface area (Å²) in [5, 5.41) is 7.29. The van der Waals surface area contributed by atoms with E-state index in [4.69, 9.17) is 0 Å². The second-order valence-corrected chi connectivity index (χ2v) is 6.66. The van der Waals surface area contributed by atoms with E-state index >= 15 is 0 Å². The first kappa shape index (κ1) is 11.8. The van der Waals surface area contributed by atoms with Crippen LogP contribution in [0, 0.1) is 17.8 Å². The van der Waals surface area contributed by atoms with Crippen molar-refractivity contribution in [1.82, 2.24) is 5.32 Å². The molecule has 2 N–H and O–H groups in total. The fraction of sp³-hybridized carbons (Fsp3) is 0.647. The van der Waals surface area contributed by atoms with E-state index in [1.165, 1.54) is 43.5 Å². The molecular formula is C17H24N2. The van der Waals surface area contributed by atoms with E-state index in [0.29, 0.717) is 5.92 Å². The van der Waals surface area contributed by atoms with Crippen molar-refractivity contribution in [3.63, 3.8) is 0 Å². The van der Waals surface area contributed by atoms with Gasteiger partial charge in [-0.15, -0.1) is 0 Å². The van der Waals surface area contributed by atoms with E-state index in [1.807, 2.05) is 0 Å². The van der Waals surface area contributed by atoms with Crippen LogP contribution in [0.3, 0.4) is 0 Å². The summed E-state index contributed by atoms with van der Waals surface area (Å²) in [7, 11) is 0. The predicted octanol–water partition coefficient (Wildman–Crippen LogP) is 3.22. The summed E-state index contributed by atoms with van der Waals surface area (Å²) in [4.78, 5) is 0. The molecule has 2 fully saturated rings. The van der Waals surface area contributed by atoms with Crippen molar-refractivity contribution in [2.75, 3.05) is 25.0 Å². The number of fused-ring (bicyclic) bond motifs is 1. The molecule has 19 heavy (non-hydrogen) atoms. The number of hydrogen-bond donors (Lipinski definition) is 2. The smallest absolute Gasteiger partial charge is 0.0376 e. The molecule has 2 nitrogen and oxygen atoms in total. The third kappa shape index (κ3) is 2.51. The molecule has 0 aromatic heterocycles. The fourth-order valence-electron chi connectivity index (χ4n) is 3.73. The summed E-state index contributed by atoms with van der Waals surface area (Å²) in [5.41, 5.74) is 2.85. The van der Waals surface area contributed by atoms with Crippen molar-refractivity contribution < 1.29 is 0 Å². The van der Waals surface area contributed by atoms with Gasteiger partial charge in [-0.25, -0.2) is 0 Å². The summed E-state index contributed by atoms with van der Waals surface area (Å²) in [5.74, 6) is 3.78. The van der Waals surface area contributed by atoms with Crippen LogP contribution in [-0.4, -0.2) is 19.6 Å². The molecule has 0 bridgehead atoms. The molecule has 1 aliphatic heterocycles. The zero-order valence-electron chi connectivity index (χ0n) is 11.6. The maximum Gasteiger partial charge on any atom is 0.0376 e. The first-order chi connectivity index (χ1) is 9.42. The molecule has 1 aromatic carbocycles. The minimum Gasteiger partial charge on any atom is -0.384 e. The molecule has 2 heteroatoms. The minimum absolute atomic E-state index is 0.662. The Hall–Kier alpha value is -1.02. The first-order valence-electron chi connectivity index (χ1n) is 7.95. The molecule has 102 valence electrons. The van der Waals surface area contributed by atoms with Crippen molar-refractivity contribution in [3.8, 4) is 0 Å². The van der Waals surface area contributed by atoms with Crippen LogP contribution in [0.4, 0.5) is 5.69 Å². The summed E-state index contributed by atoms with van der Waals surface area (Å²) >= 11 is 0. The van der Waals surface area contributed by atoms with Crippen molar-refractivity contribution in [1.29, 1.82) is 0 Å². The number of nitrogens with one attached hydrogen (secondary N) is 2. The van der Waals surface area contributed by atoms with E-state index in [1.54, 1.807) is 0 Å². The van der Waals surface area contributed by atoms with E-state index < -0.39 is 0 Å². The zero-order chi connectivity index (χ0) is 12.7. The fourth-order valence-corrected chi connectivity index (χ4v) is 3.73. The lowest BCUT2D eigenvalue weighted by Crippen LogP contribution is -2.30. The van der Waals surface area contributed by atoms with Gasteiger partial charge < -0.3 is 10.6 Å². The van der Waals surface area contributed by atoms with E-state index in [2.05, 4.69) is 34.9 Å². The lowest BCUT2D eigenvalue weighted by atomic mass is 9.97. The molecule has 0 amide bonds. The van der Waals surface area contributed by atoms with Gasteiger partial charge in [0.15, 0.2) is 0 Å². The molecule has 1 heterocycles. The predicted molar refractivity (Wildman–Crippen MR) is 79.5 cm³/mol. The summed E-state index contributed by atoms with van der Waals surface area (Å²) in [6.45, 7) is 3.50. The van der Waals surface area contributed by atoms with Crippen LogP contribution in [-0.2, 0) is 0 Å². The number of rotatable bonds is 6. The Morgan fingerprint density at radius 2 is 1.84 bits per heavy atom. The van der Waals surface area contributed by atoms with Crippen LogP contribution in [0.15, 0.2) is 24.3 Å². The van der Waals surface area contributed by atoms with Gasteiger partial charge in [-0.1, -0.05) is 18.2 Å². The van der Waals surface area contributed by atoms with Gasteiger partial charge in [0, 0.05) is 24.7 Å². The second-order valence-electron chi connectivity index (χ2n) is 6.66. The highest BCUT2D eigenvalue weighted by Gasteiger charge is 2.40. The van der Waals surface area contributed by atoms with Crippen molar-refractivity contribution >= 4 is 5.69 Å². The quantitative estimate of drug-likeness (QED) is 0.816. The molecule has 2 aliphatic carbocycles. The van der Waals surface area contributed by atoms with Gasteiger partial charge in [0.05, 0.1) is 0 Å². The van der Waals surface area contributed by atoms with Crippen LogP contribution >= 0.6 is 0 Å². The van der Waals surface area contributed by atoms with Crippen molar-refractivity contribution in [2.24, 2.45) is 17.8 Å². The van der Waals surface area contributed by atoms with Crippen LogP contribution in [0.5, 0.6) is 0 Å². The molecular weight excluding hydrogens is 232 g/mol. The molecule has 0 saturated heterocycles. The Labute approximate surface area is 116 Å². The monoisotopic (exact) mass is 256 g/mol. The molecule has 0 spiro atoms. The van der Waals surface area contributed by atoms with Gasteiger partial charge in [0.2, 0.25) is 0 Å². The SMILES string of the molecule is c1ccc2c(c1)NCC2CNCC(C1CC1)C1CC1. The molecule has 0 radical (unpaired) electrons. The standard InChI is InChI=1S/C17H24N2/c1-2-4-17-15(3-1)14(10-19-17)9-18-11-16(12-5-6-12)13-7-8-13/h1-4,12-14,16,18-19H,5-11H2. The van der Waals surface area contributed by atoms with Gasteiger partial charge in [0.25, 0.3) is 0 Å². The molecule has 1 atom stereocenters. The Kier molecular flexibility index (Phi) is 2.99. The third-order valence-electron chi connectivity index (χ3n) is 5.17. The number of para-hydroxylation sites is 1. The summed E-state index contributed by atoms with van der Waals surface area (Å²) in [6, 6.07) is 8.77. The van der Waals surface area contributed by atoms with E-state index in [9.17, 15) is 0 Å². The number of hydrogen-bond acceptors (Lipinski definition) is 2. The summed E-state index contributed by atoms with van der Waals surface area (Å²) < 4.78 is 0. The molecule has 4 rings (SSSR count). The van der Waals surface area contributed by atoms with Gasteiger partial charge >= 0.3 is 0 Å². The van der Waals surface area contributed by atoms with Gasteiger partial charge in [-0.2, -0.15) is 0 Å². The maximum absolute atomic E-state index is 3.77. The van der Waals surface area contributed by atoms with Gasteiger partial charge in [0.1, 0.15) is 0 Å². The summed E-state index contributed by atoms with van der Waals surface area (Å²) in [6.07, 6.45) is 5.99. The Balaban J connectivity index is 1.31. The normalized spacial score (nSPS) is 25.4. The molecule has 3 aliphatic rings. The average molecular weight is 256 g/mol. The highest BCUT2D eigenvalue weighted by molar-refractivity contribution is 5.57. The lowest BCUT2D eigenvalue weighted by Gasteiger charge is -2.18. The van der Waals surface area contributed by atoms with Gasteiger partial charge in [-0.05, 0) is 61.6 Å². The third-order valence-corrected chi connectivity index (χ3v) is 5.17. The van der Waals surface area contributed by atoms with Gasteiger partial charge in [-0.3, -0.25) is 0 Å². The van der Waals surface area contributed by atoms with E-state index in [-0.39, 0.29) is 0 Å². The molecule has 1 aromatic rings. The molecule has 1 unspecified atom stereocenters. The maximum atomic E-state index is 3.77. The van der Waals surface area contributed by atoms with E-state index in [0.717, 1.165) is 30.8 Å². The lowest BCUT2D eigenvalue weighted by molar-refractivity contribution is 0.375. The highest BCUT2D eigenvalue weighted by atomic mass is 14.9. The minimum atomic E-state index is 0.662. The van der Waals surface area contributed by atoms with Crippen LogP contribution < -0.4 is 10.6 Å². The number of benzene rings is 1. The largest absolute Gasteiger partial charge is 0.384 e. The topological polar surface area (TPSA) is 24.1 Å². The van der Waals surface area contributed by atoms with Crippen molar-refractivity contribution in [2.45, 2.75) is 31.6 Å². The van der Waals surface area contributed by atoms with Crippen LogP contribution in [0.2, 0.25) is 0 Å². The van der Waals surface area contributed by atoms with Crippen molar-refractivity contribution in [3.05, 3.63) is 29.8 Å². The zero-order valence-corrected chi connectivity index (χ0v) is 11.6. The number of anilines is 1. The highest BCUT2D eigenvalue weighted by Crippen LogP contribution is 2.48. The molecule has 2 saturated carbocycles. The first-order valence-corrected chi connectivity index (χ1v) is 7.95. The average Bonchev–Trinajstić information content (AvgIpc) is 3.34. The van der Waals surface area contributed by atoms with Crippen LogP contribution in [0.1, 0.15) is 37.2 Å². The second kappa shape index (κ2) is 4.82. The Morgan fingerprint density at radius 1 is 1.11 bits per heavy atom. The Morgan fingerprint density at radius 3 is 2.58 bits per heavy atom. The van der Waals surface area contributed by atoms with Crippen LogP contribution in [0.25, 0.3) is 0 Å².